The molecule has 0 aliphatic heterocycles. The molecule has 0 fully saturated rings. The third kappa shape index (κ3) is 2.28. The van der Waals surface area contributed by atoms with Crippen LogP contribution in [-0.2, 0) is 0 Å². The molecule has 1 unspecified atom stereocenters. The summed E-state index contributed by atoms with van der Waals surface area (Å²) in [4.78, 5) is 1.34. The van der Waals surface area contributed by atoms with E-state index >= 15 is 0 Å². The molecular weight excluding hydrogens is 290 g/mol. The fraction of sp³-hybridized carbons (Fsp3) is 0.429. The van der Waals surface area contributed by atoms with Crippen molar-refractivity contribution < 1.29 is 0 Å². The van der Waals surface area contributed by atoms with Crippen LogP contribution in [0, 0.1) is 0 Å². The molecule has 0 saturated heterocycles. The summed E-state index contributed by atoms with van der Waals surface area (Å²) in [6.07, 6.45) is 0. The molecule has 1 nitrogen and oxygen atoms in total. The van der Waals surface area contributed by atoms with E-state index in [0.717, 1.165) is 8.26 Å². The lowest BCUT2D eigenvalue weighted by Gasteiger charge is -2.05. The summed E-state index contributed by atoms with van der Waals surface area (Å²) in [6, 6.07) is 2.57. The van der Waals surface area contributed by atoms with E-state index in [9.17, 15) is 0 Å². The van der Waals surface area contributed by atoms with Crippen molar-refractivity contribution in [2.24, 2.45) is 0 Å². The van der Waals surface area contributed by atoms with E-state index in [2.05, 4.69) is 50.2 Å². The van der Waals surface area contributed by atoms with Gasteiger partial charge in [0.2, 0.25) is 0 Å². The average Bonchev–Trinajstić information content (AvgIpc) is 2.31. The first-order valence-electron chi connectivity index (χ1n) is 3.27. The molecular formula is C7H9Br2NS. The van der Waals surface area contributed by atoms with Gasteiger partial charge in [0, 0.05) is 15.4 Å². The fourth-order valence-electron chi connectivity index (χ4n) is 0.719. The Morgan fingerprint density at radius 1 is 1.55 bits per heavy atom. The quantitative estimate of drug-likeness (QED) is 0.880. The van der Waals surface area contributed by atoms with Gasteiger partial charge in [0.05, 0.1) is 3.79 Å². The lowest BCUT2D eigenvalue weighted by molar-refractivity contribution is 0.664. The lowest BCUT2D eigenvalue weighted by Crippen LogP contribution is -2.10. The largest absolute Gasteiger partial charge is 0.313 e. The van der Waals surface area contributed by atoms with Gasteiger partial charge in [0.25, 0.3) is 0 Å². The maximum Gasteiger partial charge on any atom is 0.0843 e. The van der Waals surface area contributed by atoms with E-state index in [0.29, 0.717) is 6.04 Å². The zero-order chi connectivity index (χ0) is 8.43. The predicted octanol–water partition coefficient (Wildman–Crippen LogP) is 3.55. The molecule has 0 radical (unpaired) electrons. The number of hydrogen-bond donors (Lipinski definition) is 1. The SMILES string of the molecule is CNC(C)c1cc(Br)c(Br)s1. The molecule has 0 amide bonds. The molecule has 0 bridgehead atoms. The van der Waals surface area contributed by atoms with Gasteiger partial charge in [-0.15, -0.1) is 11.3 Å². The molecule has 1 aromatic rings. The van der Waals surface area contributed by atoms with Crippen LogP contribution in [0.2, 0.25) is 0 Å². The molecule has 62 valence electrons. The van der Waals surface area contributed by atoms with Gasteiger partial charge < -0.3 is 5.32 Å². The summed E-state index contributed by atoms with van der Waals surface area (Å²) < 4.78 is 2.30. The van der Waals surface area contributed by atoms with Crippen molar-refractivity contribution in [2.45, 2.75) is 13.0 Å². The van der Waals surface area contributed by atoms with Gasteiger partial charge in [0.1, 0.15) is 0 Å². The Labute approximate surface area is 87.5 Å². The maximum absolute atomic E-state index is 3.46. The molecule has 0 aliphatic rings. The van der Waals surface area contributed by atoms with Gasteiger partial charge in [-0.05, 0) is 51.9 Å². The minimum atomic E-state index is 0.433. The summed E-state index contributed by atoms with van der Waals surface area (Å²) in [7, 11) is 1.96. The Kier molecular flexibility index (Phi) is 3.55. The molecule has 1 rings (SSSR count). The van der Waals surface area contributed by atoms with E-state index in [4.69, 9.17) is 0 Å². The van der Waals surface area contributed by atoms with Crippen molar-refractivity contribution in [1.82, 2.24) is 5.32 Å². The first-order chi connectivity index (χ1) is 5.15. The molecule has 1 aromatic heterocycles. The van der Waals surface area contributed by atoms with Crippen LogP contribution in [0.1, 0.15) is 17.8 Å². The van der Waals surface area contributed by atoms with Gasteiger partial charge in [-0.3, -0.25) is 0 Å². The van der Waals surface area contributed by atoms with Gasteiger partial charge in [-0.25, -0.2) is 0 Å². The second kappa shape index (κ2) is 4.03. The monoisotopic (exact) mass is 297 g/mol. The van der Waals surface area contributed by atoms with Gasteiger partial charge in [0.15, 0.2) is 0 Å². The molecule has 0 aliphatic carbocycles. The fourth-order valence-corrected chi connectivity index (χ4v) is 2.87. The second-order valence-corrected chi connectivity index (χ2v) is 5.54. The molecule has 11 heavy (non-hydrogen) atoms. The van der Waals surface area contributed by atoms with Crippen LogP contribution in [0.4, 0.5) is 0 Å². The van der Waals surface area contributed by atoms with E-state index < -0.39 is 0 Å². The van der Waals surface area contributed by atoms with Crippen LogP contribution in [0.5, 0.6) is 0 Å². The van der Waals surface area contributed by atoms with Gasteiger partial charge in [-0.1, -0.05) is 0 Å². The minimum absolute atomic E-state index is 0.433. The van der Waals surface area contributed by atoms with E-state index in [-0.39, 0.29) is 0 Å². The Morgan fingerprint density at radius 3 is 2.55 bits per heavy atom. The summed E-state index contributed by atoms with van der Waals surface area (Å²) >= 11 is 8.66. The van der Waals surface area contributed by atoms with Crippen molar-refractivity contribution in [3.05, 3.63) is 19.2 Å². The maximum atomic E-state index is 3.46. The van der Waals surface area contributed by atoms with Crippen LogP contribution >= 0.6 is 43.2 Å². The molecule has 1 atom stereocenters. The smallest absolute Gasteiger partial charge is 0.0843 e. The first kappa shape index (κ1) is 9.71. The number of halogens is 2. The van der Waals surface area contributed by atoms with Crippen LogP contribution in [0.3, 0.4) is 0 Å². The van der Waals surface area contributed by atoms with Crippen molar-refractivity contribution in [2.75, 3.05) is 7.05 Å². The number of hydrogen-bond acceptors (Lipinski definition) is 2. The molecule has 0 spiro atoms. The van der Waals surface area contributed by atoms with Crippen LogP contribution in [0.15, 0.2) is 14.3 Å². The van der Waals surface area contributed by atoms with Crippen molar-refractivity contribution in [3.63, 3.8) is 0 Å². The summed E-state index contributed by atoms with van der Waals surface area (Å²) in [5, 5.41) is 3.19. The summed E-state index contributed by atoms with van der Waals surface area (Å²) in [6.45, 7) is 2.14. The summed E-state index contributed by atoms with van der Waals surface area (Å²) in [5.74, 6) is 0. The molecule has 0 aromatic carbocycles. The van der Waals surface area contributed by atoms with E-state index in [1.54, 1.807) is 11.3 Å². The van der Waals surface area contributed by atoms with E-state index in [1.807, 2.05) is 7.05 Å². The predicted molar refractivity (Wildman–Crippen MR) is 57.2 cm³/mol. The van der Waals surface area contributed by atoms with Crippen molar-refractivity contribution in [1.29, 1.82) is 0 Å². The topological polar surface area (TPSA) is 12.0 Å². The number of thiophene rings is 1. The standard InChI is InChI=1S/C7H9Br2NS/c1-4(10-2)6-3-5(8)7(9)11-6/h3-4,10H,1-2H3. The Morgan fingerprint density at radius 2 is 2.18 bits per heavy atom. The molecule has 0 saturated carbocycles. The van der Waals surface area contributed by atoms with Gasteiger partial charge >= 0.3 is 0 Å². The zero-order valence-electron chi connectivity index (χ0n) is 6.32. The van der Waals surface area contributed by atoms with Crippen molar-refractivity contribution >= 4 is 43.2 Å². The second-order valence-electron chi connectivity index (χ2n) is 2.28. The number of nitrogens with one attached hydrogen (secondary N) is 1. The Hall–Kier alpha value is 0.620. The van der Waals surface area contributed by atoms with Crippen molar-refractivity contribution in [3.8, 4) is 0 Å². The normalized spacial score (nSPS) is 13.5. The average molecular weight is 299 g/mol. The number of rotatable bonds is 2. The highest BCUT2D eigenvalue weighted by molar-refractivity contribution is 9.13. The third-order valence-corrected chi connectivity index (χ3v) is 4.96. The zero-order valence-corrected chi connectivity index (χ0v) is 10.3. The molecule has 1 heterocycles. The van der Waals surface area contributed by atoms with Crippen LogP contribution in [0.25, 0.3) is 0 Å². The van der Waals surface area contributed by atoms with Crippen LogP contribution in [-0.4, -0.2) is 7.05 Å². The minimum Gasteiger partial charge on any atom is -0.313 e. The molecule has 4 heteroatoms. The highest BCUT2D eigenvalue weighted by atomic mass is 79.9. The van der Waals surface area contributed by atoms with Gasteiger partial charge in [-0.2, -0.15) is 0 Å². The third-order valence-electron chi connectivity index (χ3n) is 1.52. The first-order valence-corrected chi connectivity index (χ1v) is 5.67. The highest BCUT2D eigenvalue weighted by Gasteiger charge is 2.08. The Balaban J connectivity index is 2.88. The molecule has 1 N–H and O–H groups in total. The lowest BCUT2D eigenvalue weighted by atomic mass is 10.3. The Bertz CT molecular complexity index is 227. The highest BCUT2D eigenvalue weighted by Crippen LogP contribution is 2.35. The summed E-state index contributed by atoms with van der Waals surface area (Å²) in [5.41, 5.74) is 0. The van der Waals surface area contributed by atoms with E-state index in [1.165, 1.54) is 4.88 Å². The van der Waals surface area contributed by atoms with Crippen LogP contribution < -0.4 is 5.32 Å².